The molecule has 1 aromatic rings. The van der Waals surface area contributed by atoms with E-state index in [0.717, 1.165) is 0 Å². The molecule has 0 unspecified atom stereocenters. The average Bonchev–Trinajstić information content (AvgIpc) is 2.20. The van der Waals surface area contributed by atoms with Crippen LogP contribution in [0.25, 0.3) is 0 Å². The molecule has 0 amide bonds. The first-order valence-corrected chi connectivity index (χ1v) is 4.51. The molecule has 0 aliphatic carbocycles. The summed E-state index contributed by atoms with van der Waals surface area (Å²) in [6.07, 6.45) is 0. The highest BCUT2D eigenvalue weighted by Crippen LogP contribution is 2.24. The molecule has 3 N–H and O–H groups in total. The van der Waals surface area contributed by atoms with Gasteiger partial charge in [-0.05, 0) is 31.5 Å². The third kappa shape index (κ3) is 2.37. The summed E-state index contributed by atoms with van der Waals surface area (Å²) >= 11 is 0. The molecule has 0 spiro atoms. The number of hydrogen-bond donors (Lipinski definition) is 2. The number of aryl methyl sites for hydroxylation is 1. The number of rotatable bonds is 3. The molecule has 0 aromatic heterocycles. The largest absolute Gasteiger partial charge is 0.490 e. The minimum absolute atomic E-state index is 0.0124. The van der Waals surface area contributed by atoms with Crippen LogP contribution < -0.4 is 10.5 Å². The van der Waals surface area contributed by atoms with Crippen LogP contribution in [0.2, 0.25) is 0 Å². The summed E-state index contributed by atoms with van der Waals surface area (Å²) in [4.78, 5) is 0. The van der Waals surface area contributed by atoms with Gasteiger partial charge in [0.05, 0.1) is 12.2 Å². The number of oxime groups is 1. The molecule has 0 saturated carbocycles. The maximum Gasteiger partial charge on any atom is 0.173 e. The first-order chi connectivity index (χ1) is 7.10. The van der Waals surface area contributed by atoms with Crippen molar-refractivity contribution in [2.75, 3.05) is 6.61 Å². The van der Waals surface area contributed by atoms with Crippen molar-refractivity contribution in [1.29, 1.82) is 0 Å². The van der Waals surface area contributed by atoms with Gasteiger partial charge < -0.3 is 15.7 Å². The van der Waals surface area contributed by atoms with Gasteiger partial charge in [0.25, 0.3) is 0 Å². The molecule has 5 heteroatoms. The normalized spacial score (nSPS) is 11.5. The number of amidine groups is 1. The number of nitrogens with two attached hydrogens (primary N) is 1. The number of hydrogen-bond acceptors (Lipinski definition) is 3. The van der Waals surface area contributed by atoms with Gasteiger partial charge in [0, 0.05) is 0 Å². The molecule has 82 valence electrons. The van der Waals surface area contributed by atoms with E-state index in [0.29, 0.717) is 12.2 Å². The fraction of sp³-hybridized carbons (Fsp3) is 0.300. The summed E-state index contributed by atoms with van der Waals surface area (Å²) in [6, 6.07) is 2.93. The maximum absolute atomic E-state index is 13.5. The molecule has 0 fully saturated rings. The van der Waals surface area contributed by atoms with Crippen molar-refractivity contribution in [3.05, 3.63) is 29.1 Å². The van der Waals surface area contributed by atoms with Crippen LogP contribution in [0.5, 0.6) is 5.75 Å². The zero-order chi connectivity index (χ0) is 11.4. The fourth-order valence-corrected chi connectivity index (χ4v) is 1.26. The van der Waals surface area contributed by atoms with E-state index in [9.17, 15) is 4.39 Å². The van der Waals surface area contributed by atoms with Gasteiger partial charge in [-0.15, -0.1) is 0 Å². The van der Waals surface area contributed by atoms with Crippen LogP contribution in [0.15, 0.2) is 17.3 Å². The Morgan fingerprint density at radius 2 is 2.27 bits per heavy atom. The van der Waals surface area contributed by atoms with Gasteiger partial charge in [-0.1, -0.05) is 5.16 Å². The van der Waals surface area contributed by atoms with E-state index in [-0.39, 0.29) is 17.1 Å². The van der Waals surface area contributed by atoms with E-state index in [1.54, 1.807) is 19.9 Å². The van der Waals surface area contributed by atoms with Crippen LogP contribution in [0, 0.1) is 12.7 Å². The molecular formula is C10H13FN2O2. The van der Waals surface area contributed by atoms with E-state index in [1.807, 2.05) is 0 Å². The molecule has 0 aliphatic heterocycles. The second-order valence-electron chi connectivity index (χ2n) is 3.04. The standard InChI is InChI=1S/C10H13FN2O2/c1-3-15-9-7(10(12)13-14)4-6(2)5-8(9)11/h4-5,14H,3H2,1-2H3,(H2,12,13). The van der Waals surface area contributed by atoms with Crippen molar-refractivity contribution in [3.8, 4) is 5.75 Å². The fourth-order valence-electron chi connectivity index (χ4n) is 1.26. The summed E-state index contributed by atoms with van der Waals surface area (Å²) in [5.74, 6) is -0.669. The van der Waals surface area contributed by atoms with Crippen molar-refractivity contribution in [1.82, 2.24) is 0 Å². The van der Waals surface area contributed by atoms with Crippen molar-refractivity contribution in [3.63, 3.8) is 0 Å². The summed E-state index contributed by atoms with van der Waals surface area (Å²) in [6.45, 7) is 3.76. The maximum atomic E-state index is 13.5. The van der Waals surface area contributed by atoms with E-state index in [4.69, 9.17) is 15.7 Å². The first-order valence-electron chi connectivity index (χ1n) is 4.51. The molecule has 0 radical (unpaired) electrons. The molecule has 0 heterocycles. The molecule has 0 saturated heterocycles. The second kappa shape index (κ2) is 4.63. The van der Waals surface area contributed by atoms with Crippen LogP contribution in [0.1, 0.15) is 18.1 Å². The predicted molar refractivity (Wildman–Crippen MR) is 54.8 cm³/mol. The summed E-state index contributed by atoms with van der Waals surface area (Å²) in [5, 5.41) is 11.4. The van der Waals surface area contributed by atoms with Crippen molar-refractivity contribution < 1.29 is 14.3 Å². The van der Waals surface area contributed by atoms with E-state index in [2.05, 4.69) is 5.16 Å². The SMILES string of the molecule is CCOc1c(F)cc(C)cc1/C(N)=N\O. The molecule has 4 nitrogen and oxygen atoms in total. The highest BCUT2D eigenvalue weighted by molar-refractivity contribution is 5.99. The van der Waals surface area contributed by atoms with Gasteiger partial charge in [-0.3, -0.25) is 0 Å². The smallest absolute Gasteiger partial charge is 0.173 e. The predicted octanol–water partition coefficient (Wildman–Crippen LogP) is 1.63. The summed E-state index contributed by atoms with van der Waals surface area (Å²) in [7, 11) is 0. The molecular weight excluding hydrogens is 199 g/mol. The van der Waals surface area contributed by atoms with Gasteiger partial charge >= 0.3 is 0 Å². The van der Waals surface area contributed by atoms with Gasteiger partial charge in [-0.2, -0.15) is 0 Å². The third-order valence-electron chi connectivity index (χ3n) is 1.86. The molecule has 0 aliphatic rings. The molecule has 15 heavy (non-hydrogen) atoms. The van der Waals surface area contributed by atoms with Gasteiger partial charge in [0.1, 0.15) is 0 Å². The number of nitrogens with zero attached hydrogens (tertiary/aromatic N) is 1. The Balaban J connectivity index is 3.33. The Morgan fingerprint density at radius 3 is 2.80 bits per heavy atom. The average molecular weight is 212 g/mol. The quantitative estimate of drug-likeness (QED) is 0.346. The lowest BCUT2D eigenvalue weighted by molar-refractivity contribution is 0.313. The Labute approximate surface area is 87.2 Å². The topological polar surface area (TPSA) is 67.8 Å². The summed E-state index contributed by atoms with van der Waals surface area (Å²) < 4.78 is 18.6. The Bertz CT molecular complexity index is 391. The van der Waals surface area contributed by atoms with E-state index in [1.165, 1.54) is 6.07 Å². The van der Waals surface area contributed by atoms with Crippen molar-refractivity contribution >= 4 is 5.84 Å². The third-order valence-corrected chi connectivity index (χ3v) is 1.86. The molecule has 0 bridgehead atoms. The van der Waals surface area contributed by atoms with Crippen LogP contribution in [0.3, 0.4) is 0 Å². The first kappa shape index (κ1) is 11.3. The number of halogens is 1. The van der Waals surface area contributed by atoms with E-state index < -0.39 is 5.82 Å². The Morgan fingerprint density at radius 1 is 1.60 bits per heavy atom. The van der Waals surface area contributed by atoms with Crippen LogP contribution in [-0.2, 0) is 0 Å². The van der Waals surface area contributed by atoms with Gasteiger partial charge in [0.15, 0.2) is 17.4 Å². The van der Waals surface area contributed by atoms with Crippen molar-refractivity contribution in [2.24, 2.45) is 10.9 Å². The van der Waals surface area contributed by atoms with Crippen LogP contribution in [-0.4, -0.2) is 17.6 Å². The summed E-state index contributed by atoms with van der Waals surface area (Å²) in [5.41, 5.74) is 6.36. The Hall–Kier alpha value is -1.78. The van der Waals surface area contributed by atoms with Gasteiger partial charge in [0.2, 0.25) is 0 Å². The van der Waals surface area contributed by atoms with Crippen LogP contribution in [0.4, 0.5) is 4.39 Å². The second-order valence-corrected chi connectivity index (χ2v) is 3.04. The Kier molecular flexibility index (Phi) is 3.49. The lowest BCUT2D eigenvalue weighted by atomic mass is 10.1. The minimum atomic E-state index is -0.515. The minimum Gasteiger partial charge on any atom is -0.490 e. The molecule has 1 rings (SSSR count). The highest BCUT2D eigenvalue weighted by atomic mass is 19.1. The lowest BCUT2D eigenvalue weighted by Crippen LogP contribution is -2.16. The number of ether oxygens (including phenoxy) is 1. The van der Waals surface area contributed by atoms with E-state index >= 15 is 0 Å². The zero-order valence-corrected chi connectivity index (χ0v) is 8.62. The van der Waals surface area contributed by atoms with Gasteiger partial charge in [-0.25, -0.2) is 4.39 Å². The van der Waals surface area contributed by atoms with Crippen LogP contribution >= 0.6 is 0 Å². The lowest BCUT2D eigenvalue weighted by Gasteiger charge is -2.10. The molecule has 1 aromatic carbocycles. The monoisotopic (exact) mass is 212 g/mol. The zero-order valence-electron chi connectivity index (χ0n) is 8.62. The number of benzene rings is 1. The highest BCUT2D eigenvalue weighted by Gasteiger charge is 2.14. The molecule has 0 atom stereocenters. The van der Waals surface area contributed by atoms with Crippen molar-refractivity contribution in [2.45, 2.75) is 13.8 Å².